The molecule has 0 aromatic carbocycles. The summed E-state index contributed by atoms with van der Waals surface area (Å²) in [7, 11) is 1.87. The largest absolute Gasteiger partial charge is 0.364 e. The molecule has 176 valence electrons. The van der Waals surface area contributed by atoms with Crippen molar-refractivity contribution in [2.24, 2.45) is 12.8 Å². The van der Waals surface area contributed by atoms with Gasteiger partial charge in [0.05, 0.1) is 53.6 Å². The number of nitrogens with two attached hydrogens (primary N) is 1. The summed E-state index contributed by atoms with van der Waals surface area (Å²) in [6, 6.07) is 0. The van der Waals surface area contributed by atoms with E-state index >= 15 is 0 Å². The van der Waals surface area contributed by atoms with Crippen LogP contribution >= 0.6 is 0 Å². The van der Waals surface area contributed by atoms with Crippen LogP contribution in [0.1, 0.15) is 40.6 Å². The van der Waals surface area contributed by atoms with Gasteiger partial charge < -0.3 is 15.6 Å². The van der Waals surface area contributed by atoms with Gasteiger partial charge >= 0.3 is 0 Å². The lowest BCUT2D eigenvalue weighted by atomic mass is 10.1. The highest BCUT2D eigenvalue weighted by atomic mass is 19.2. The van der Waals surface area contributed by atoms with Crippen LogP contribution < -0.4 is 11.1 Å². The minimum atomic E-state index is -1.66. The molecule has 1 saturated carbocycles. The van der Waals surface area contributed by atoms with Gasteiger partial charge in [-0.2, -0.15) is 5.10 Å². The van der Waals surface area contributed by atoms with E-state index in [1.807, 2.05) is 11.6 Å². The minimum absolute atomic E-state index is 0.0494. The Kier molecular flexibility index (Phi) is 5.42. The zero-order valence-corrected chi connectivity index (χ0v) is 18.7. The normalized spacial score (nSPS) is 14.5. The van der Waals surface area contributed by atoms with Crippen molar-refractivity contribution in [3.05, 3.63) is 42.0 Å². The van der Waals surface area contributed by atoms with Crippen molar-refractivity contribution in [3.63, 3.8) is 0 Å². The summed E-state index contributed by atoms with van der Waals surface area (Å²) in [6.45, 7) is 0.399. The summed E-state index contributed by atoms with van der Waals surface area (Å²) in [5.41, 5.74) is 10.1. The molecule has 0 bridgehead atoms. The zero-order chi connectivity index (χ0) is 24.0. The number of carbonyl (C=O) groups excluding carboxylic acids is 1. The lowest BCUT2D eigenvalue weighted by Crippen LogP contribution is -2.19. The average Bonchev–Trinajstić information content (AvgIpc) is 3.54. The maximum atomic E-state index is 13.5. The second kappa shape index (κ2) is 8.43. The summed E-state index contributed by atoms with van der Waals surface area (Å²) < 4.78 is 29.3. The molecule has 0 unspecified atom stereocenters. The van der Waals surface area contributed by atoms with E-state index in [1.165, 1.54) is 10.9 Å². The summed E-state index contributed by atoms with van der Waals surface area (Å²) in [4.78, 5) is 30.6. The molecule has 4 aromatic rings. The Hall–Kier alpha value is -3.96. The van der Waals surface area contributed by atoms with Crippen LogP contribution in [0.2, 0.25) is 0 Å². The smallest absolute Gasteiger partial charge is 0.271 e. The van der Waals surface area contributed by atoms with Gasteiger partial charge in [-0.3, -0.25) is 14.5 Å². The molecule has 4 aromatic heterocycles. The monoisotopic (exact) mass is 467 g/mol. The first kappa shape index (κ1) is 21.9. The first-order chi connectivity index (χ1) is 16.4. The van der Waals surface area contributed by atoms with Crippen molar-refractivity contribution < 1.29 is 13.6 Å². The SMILES string of the molecule is Cc1c(Nc2nc(C3CC3)c(-c3cncc4c3ncn4C)nc2C(N)=O)cnn1C[C@@H](F)CF. The van der Waals surface area contributed by atoms with Gasteiger partial charge in [0.1, 0.15) is 18.4 Å². The molecule has 10 nitrogen and oxygen atoms in total. The number of hydrogen-bond acceptors (Lipinski definition) is 7. The number of alkyl halides is 2. The van der Waals surface area contributed by atoms with E-state index < -0.39 is 18.8 Å². The fourth-order valence-electron chi connectivity index (χ4n) is 3.88. The molecule has 0 saturated heterocycles. The predicted molar refractivity (Wildman–Crippen MR) is 121 cm³/mol. The third-order valence-corrected chi connectivity index (χ3v) is 5.91. The Morgan fingerprint density at radius 2 is 2.09 bits per heavy atom. The van der Waals surface area contributed by atoms with Gasteiger partial charge in [-0.15, -0.1) is 0 Å². The first-order valence-electron chi connectivity index (χ1n) is 10.8. The molecular formula is C22H23F2N9O. The van der Waals surface area contributed by atoms with Crippen molar-refractivity contribution in [3.8, 4) is 11.3 Å². The molecular weight excluding hydrogens is 444 g/mol. The van der Waals surface area contributed by atoms with Gasteiger partial charge in [-0.25, -0.2) is 23.7 Å². The van der Waals surface area contributed by atoms with Crippen LogP contribution in [0.3, 0.4) is 0 Å². The molecule has 1 fully saturated rings. The van der Waals surface area contributed by atoms with Gasteiger partial charge in [-0.05, 0) is 19.8 Å². The number of rotatable bonds is 8. The quantitative estimate of drug-likeness (QED) is 0.407. The van der Waals surface area contributed by atoms with E-state index in [4.69, 9.17) is 10.7 Å². The lowest BCUT2D eigenvalue weighted by molar-refractivity contribution is 0.0996. The Morgan fingerprint density at radius 1 is 1.29 bits per heavy atom. The Morgan fingerprint density at radius 3 is 2.79 bits per heavy atom. The summed E-state index contributed by atoms with van der Waals surface area (Å²) in [5.74, 6) is -0.389. The van der Waals surface area contributed by atoms with Crippen molar-refractivity contribution in [1.82, 2.24) is 34.3 Å². The van der Waals surface area contributed by atoms with Crippen molar-refractivity contribution in [1.29, 1.82) is 0 Å². The molecule has 3 N–H and O–H groups in total. The Bertz CT molecular complexity index is 1390. The molecule has 5 rings (SSSR count). The molecule has 1 aliphatic carbocycles. The number of nitrogens with one attached hydrogen (secondary N) is 1. The second-order valence-electron chi connectivity index (χ2n) is 8.41. The molecule has 1 amide bonds. The number of halogens is 2. The summed E-state index contributed by atoms with van der Waals surface area (Å²) >= 11 is 0. The van der Waals surface area contributed by atoms with E-state index in [9.17, 15) is 13.6 Å². The van der Waals surface area contributed by atoms with Gasteiger partial charge in [0.25, 0.3) is 5.91 Å². The fourth-order valence-corrected chi connectivity index (χ4v) is 3.88. The third kappa shape index (κ3) is 3.84. The van der Waals surface area contributed by atoms with Crippen molar-refractivity contribution >= 4 is 28.4 Å². The molecule has 12 heteroatoms. The molecule has 34 heavy (non-hydrogen) atoms. The molecule has 1 atom stereocenters. The van der Waals surface area contributed by atoms with E-state index in [2.05, 4.69) is 25.4 Å². The van der Waals surface area contributed by atoms with Crippen LogP contribution in [0.5, 0.6) is 0 Å². The number of primary amides is 1. The molecule has 4 heterocycles. The number of hydrogen-bond donors (Lipinski definition) is 2. The number of nitrogens with zero attached hydrogens (tertiary/aromatic N) is 7. The van der Waals surface area contributed by atoms with Crippen LogP contribution in [0.25, 0.3) is 22.3 Å². The van der Waals surface area contributed by atoms with Crippen LogP contribution in [0.15, 0.2) is 24.9 Å². The number of pyridine rings is 1. The number of anilines is 2. The number of amides is 1. The maximum Gasteiger partial charge on any atom is 0.271 e. The predicted octanol–water partition coefficient (Wildman–Crippen LogP) is 2.96. The topological polar surface area (TPSA) is 129 Å². The van der Waals surface area contributed by atoms with Gasteiger partial charge in [-0.1, -0.05) is 0 Å². The van der Waals surface area contributed by atoms with Gasteiger partial charge in [0, 0.05) is 24.7 Å². The molecule has 1 aliphatic rings. The van der Waals surface area contributed by atoms with Crippen LogP contribution in [0.4, 0.5) is 20.3 Å². The van der Waals surface area contributed by atoms with Crippen molar-refractivity contribution in [2.75, 3.05) is 12.0 Å². The molecule has 0 aliphatic heterocycles. The number of aromatic nitrogens is 7. The number of fused-ring (bicyclic) bond motifs is 1. The number of carbonyl (C=O) groups is 1. The number of imidazole rings is 1. The number of aryl methyl sites for hydroxylation is 1. The average molecular weight is 467 g/mol. The van der Waals surface area contributed by atoms with Crippen LogP contribution in [0, 0.1) is 6.92 Å². The maximum absolute atomic E-state index is 13.5. The van der Waals surface area contributed by atoms with Crippen molar-refractivity contribution in [2.45, 2.75) is 38.4 Å². The summed E-state index contributed by atoms with van der Waals surface area (Å²) in [5, 5.41) is 7.18. The van der Waals surface area contributed by atoms with Gasteiger partial charge in [0.2, 0.25) is 0 Å². The molecule has 0 spiro atoms. The summed E-state index contributed by atoms with van der Waals surface area (Å²) in [6.07, 6.45) is 6.77. The lowest BCUT2D eigenvalue weighted by Gasteiger charge is -2.15. The second-order valence-corrected chi connectivity index (χ2v) is 8.41. The molecule has 0 radical (unpaired) electrons. The Labute approximate surface area is 193 Å². The highest BCUT2D eigenvalue weighted by Gasteiger charge is 2.32. The van der Waals surface area contributed by atoms with E-state index in [1.54, 1.807) is 25.6 Å². The standard InChI is InChI=1S/C22H23F2N9O/c1-11-15(7-28-33(11)9-13(24)5-23)29-22-20(21(25)34)30-19(17(31-22)12-3-4-12)14-6-26-8-16-18(14)27-10-32(16)2/h6-8,10,12-13H,3-5,9H2,1-2H3,(H2,25,34)(H,29,31)/t13-/m0/s1. The van der Waals surface area contributed by atoms with Crippen LogP contribution in [-0.2, 0) is 13.6 Å². The van der Waals surface area contributed by atoms with Gasteiger partial charge in [0.15, 0.2) is 11.5 Å². The highest BCUT2D eigenvalue weighted by molar-refractivity contribution is 5.98. The Balaban J connectivity index is 1.60. The fraction of sp³-hybridized carbons (Fsp3) is 0.364. The zero-order valence-electron chi connectivity index (χ0n) is 18.7. The van der Waals surface area contributed by atoms with Crippen LogP contribution in [-0.4, -0.2) is 53.0 Å². The van der Waals surface area contributed by atoms with E-state index in [-0.39, 0.29) is 24.0 Å². The highest BCUT2D eigenvalue weighted by Crippen LogP contribution is 2.44. The minimum Gasteiger partial charge on any atom is -0.364 e. The first-order valence-corrected chi connectivity index (χ1v) is 10.8. The van der Waals surface area contributed by atoms with E-state index in [0.717, 1.165) is 24.1 Å². The third-order valence-electron chi connectivity index (χ3n) is 5.91. The van der Waals surface area contributed by atoms with E-state index in [0.29, 0.717) is 28.2 Å².